The fraction of sp³-hybridized carbons (Fsp3) is 0.795. The van der Waals surface area contributed by atoms with E-state index in [1.165, 1.54) is 199 Å². The summed E-state index contributed by atoms with van der Waals surface area (Å²) in [4.78, 5) is 38.0. The van der Waals surface area contributed by atoms with Gasteiger partial charge in [0.05, 0.1) is 0 Å². The van der Waals surface area contributed by atoms with Crippen LogP contribution in [0.3, 0.4) is 0 Å². The van der Waals surface area contributed by atoms with Gasteiger partial charge in [-0.05, 0) is 70.6 Å². The van der Waals surface area contributed by atoms with Crippen molar-refractivity contribution in [3.05, 3.63) is 72.9 Å². The van der Waals surface area contributed by atoms with Gasteiger partial charge in [0, 0.05) is 19.3 Å². The molecule has 0 heterocycles. The van der Waals surface area contributed by atoms with Gasteiger partial charge >= 0.3 is 17.9 Å². The maximum atomic E-state index is 12.8. The Morgan fingerprint density at radius 1 is 0.266 bits per heavy atom. The van der Waals surface area contributed by atoms with Gasteiger partial charge in [-0.3, -0.25) is 14.4 Å². The summed E-state index contributed by atoms with van der Waals surface area (Å²) in [7, 11) is 0. The highest BCUT2D eigenvalue weighted by atomic mass is 16.6. The first-order chi connectivity index (χ1) is 39.0. The second kappa shape index (κ2) is 67.4. The summed E-state index contributed by atoms with van der Waals surface area (Å²) in [6.45, 7) is 6.48. The Kier molecular flexibility index (Phi) is 64.7. The van der Waals surface area contributed by atoms with E-state index in [1.807, 2.05) is 0 Å². The van der Waals surface area contributed by atoms with Crippen LogP contribution in [0.25, 0.3) is 0 Å². The van der Waals surface area contributed by atoms with Crippen LogP contribution in [-0.4, -0.2) is 37.2 Å². The number of unbranched alkanes of at least 4 members (excludes halogenated alkanes) is 40. The first-order valence-electron chi connectivity index (χ1n) is 34.4. The van der Waals surface area contributed by atoms with Crippen LogP contribution < -0.4 is 0 Å². The minimum Gasteiger partial charge on any atom is -0.462 e. The molecule has 0 N–H and O–H groups in total. The number of ether oxygens (including phenoxy) is 3. The molecule has 0 aliphatic carbocycles. The largest absolute Gasteiger partial charge is 0.462 e. The number of hydrogen-bond acceptors (Lipinski definition) is 6. The lowest BCUT2D eigenvalue weighted by Gasteiger charge is -2.18. The number of esters is 3. The smallest absolute Gasteiger partial charge is 0.306 e. The molecular weight excluding hydrogens is 973 g/mol. The first-order valence-corrected chi connectivity index (χ1v) is 34.4. The predicted octanol–water partition coefficient (Wildman–Crippen LogP) is 23.7. The molecule has 0 aliphatic heterocycles. The molecule has 458 valence electrons. The normalized spacial score (nSPS) is 12.5. The van der Waals surface area contributed by atoms with E-state index in [-0.39, 0.29) is 31.1 Å². The van der Waals surface area contributed by atoms with Crippen molar-refractivity contribution in [2.75, 3.05) is 13.2 Å². The van der Waals surface area contributed by atoms with Crippen LogP contribution in [0.5, 0.6) is 0 Å². The fourth-order valence-electron chi connectivity index (χ4n) is 10.1. The van der Waals surface area contributed by atoms with Gasteiger partial charge in [-0.25, -0.2) is 0 Å². The first kappa shape index (κ1) is 75.8. The fourth-order valence-corrected chi connectivity index (χ4v) is 10.1. The van der Waals surface area contributed by atoms with E-state index >= 15 is 0 Å². The third kappa shape index (κ3) is 65.5. The van der Waals surface area contributed by atoms with Crippen LogP contribution in [0, 0.1) is 0 Å². The quantitative estimate of drug-likeness (QED) is 0.0261. The van der Waals surface area contributed by atoms with Gasteiger partial charge < -0.3 is 14.2 Å². The summed E-state index contributed by atoms with van der Waals surface area (Å²) in [6.07, 6.45) is 88.5. The molecule has 0 amide bonds. The average molecular weight is 1100 g/mol. The maximum absolute atomic E-state index is 12.8. The summed E-state index contributed by atoms with van der Waals surface area (Å²) in [5.74, 6) is -0.893. The van der Waals surface area contributed by atoms with Crippen LogP contribution >= 0.6 is 0 Å². The van der Waals surface area contributed by atoms with Crippen LogP contribution in [0.1, 0.15) is 355 Å². The van der Waals surface area contributed by atoms with Crippen molar-refractivity contribution in [3.63, 3.8) is 0 Å². The van der Waals surface area contributed by atoms with Gasteiger partial charge in [-0.2, -0.15) is 0 Å². The van der Waals surface area contributed by atoms with Gasteiger partial charge in [-0.1, -0.05) is 338 Å². The second-order valence-corrected chi connectivity index (χ2v) is 23.1. The number of hydrogen-bond donors (Lipinski definition) is 0. The average Bonchev–Trinajstić information content (AvgIpc) is 3.45. The van der Waals surface area contributed by atoms with Crippen molar-refractivity contribution in [1.82, 2.24) is 0 Å². The Bertz CT molecular complexity index is 1450. The van der Waals surface area contributed by atoms with E-state index in [1.54, 1.807) is 0 Å². The lowest BCUT2D eigenvalue weighted by molar-refractivity contribution is -0.167. The van der Waals surface area contributed by atoms with Crippen molar-refractivity contribution in [2.45, 2.75) is 361 Å². The van der Waals surface area contributed by atoms with Crippen molar-refractivity contribution >= 4 is 17.9 Å². The van der Waals surface area contributed by atoms with E-state index in [4.69, 9.17) is 14.2 Å². The molecule has 6 nitrogen and oxygen atoms in total. The Balaban J connectivity index is 3.98. The summed E-state index contributed by atoms with van der Waals surface area (Å²) in [5.41, 5.74) is 0. The molecule has 0 aromatic carbocycles. The summed E-state index contributed by atoms with van der Waals surface area (Å²) < 4.78 is 16.8. The minimum atomic E-state index is -0.780. The van der Waals surface area contributed by atoms with Crippen LogP contribution in [-0.2, 0) is 28.6 Å². The molecule has 0 aromatic rings. The topological polar surface area (TPSA) is 78.9 Å². The van der Waals surface area contributed by atoms with Crippen LogP contribution in [0.4, 0.5) is 0 Å². The van der Waals surface area contributed by atoms with E-state index < -0.39 is 6.10 Å². The molecule has 1 atom stereocenters. The van der Waals surface area contributed by atoms with Crippen LogP contribution in [0.15, 0.2) is 72.9 Å². The van der Waals surface area contributed by atoms with Crippen LogP contribution in [0.2, 0.25) is 0 Å². The highest BCUT2D eigenvalue weighted by Crippen LogP contribution is 2.18. The highest BCUT2D eigenvalue weighted by Gasteiger charge is 2.19. The molecule has 6 heteroatoms. The summed E-state index contributed by atoms with van der Waals surface area (Å²) in [6, 6.07) is 0. The van der Waals surface area contributed by atoms with Gasteiger partial charge in [0.2, 0.25) is 0 Å². The summed E-state index contributed by atoms with van der Waals surface area (Å²) >= 11 is 0. The zero-order chi connectivity index (χ0) is 57.1. The third-order valence-corrected chi connectivity index (χ3v) is 15.2. The molecule has 0 aliphatic rings. The zero-order valence-electron chi connectivity index (χ0n) is 52.6. The number of carbonyl (C=O) groups is 3. The van der Waals surface area contributed by atoms with Gasteiger partial charge in [0.25, 0.3) is 0 Å². The summed E-state index contributed by atoms with van der Waals surface area (Å²) in [5, 5.41) is 0. The molecule has 79 heavy (non-hydrogen) atoms. The second-order valence-electron chi connectivity index (χ2n) is 23.1. The number of carbonyl (C=O) groups excluding carboxylic acids is 3. The van der Waals surface area contributed by atoms with E-state index in [2.05, 4.69) is 93.7 Å². The molecule has 1 unspecified atom stereocenters. The Morgan fingerprint density at radius 2 is 0.494 bits per heavy atom. The standard InChI is InChI=1S/C73H130O6/c1-4-7-10-13-15-17-19-21-23-25-27-29-31-33-34-35-36-37-38-40-41-43-45-47-49-51-53-55-57-60-63-66-72(75)78-69-70(68-77-71(74)65-62-59-12-9-6-3)79-73(76)67-64-61-58-56-54-52-50-48-46-44-42-39-32-30-28-26-24-22-20-18-16-14-11-8-5-2/h8,11,16,18,22,24,28,30,39,42,46,48,70H,4-7,9-10,12-15,17,19-21,23,25-27,29,31-38,40-41,43-45,47,49-69H2,1-3H3/b11-8-,18-16-,24-22-,30-28-,42-39-,48-46-. The Hall–Kier alpha value is -3.15. The van der Waals surface area contributed by atoms with Gasteiger partial charge in [-0.15, -0.1) is 0 Å². The molecule has 0 fully saturated rings. The molecule has 0 spiro atoms. The van der Waals surface area contributed by atoms with Gasteiger partial charge in [0.1, 0.15) is 13.2 Å². The molecule has 0 bridgehead atoms. The van der Waals surface area contributed by atoms with E-state index in [9.17, 15) is 14.4 Å². The lowest BCUT2D eigenvalue weighted by Crippen LogP contribution is -2.30. The maximum Gasteiger partial charge on any atom is 0.306 e. The molecule has 0 saturated heterocycles. The van der Waals surface area contributed by atoms with E-state index in [0.29, 0.717) is 19.3 Å². The minimum absolute atomic E-state index is 0.0786. The van der Waals surface area contributed by atoms with Crippen molar-refractivity contribution in [3.8, 4) is 0 Å². The molecule has 0 aromatic heterocycles. The zero-order valence-corrected chi connectivity index (χ0v) is 52.6. The number of rotatable bonds is 63. The van der Waals surface area contributed by atoms with Crippen molar-refractivity contribution in [2.24, 2.45) is 0 Å². The van der Waals surface area contributed by atoms with Gasteiger partial charge in [0.15, 0.2) is 6.10 Å². The molecule has 0 rings (SSSR count). The predicted molar refractivity (Wildman–Crippen MR) is 344 cm³/mol. The highest BCUT2D eigenvalue weighted by molar-refractivity contribution is 5.71. The SMILES string of the molecule is CC/C=C\C/C=C\C/C=C\C/C=C\C/C=C\C/C=C\CCCCCCCCC(=O)OC(COC(=O)CCCCCCC)COC(=O)CCCCCCCCCCCCCCCCCCCCCCCCCCCCCCCCC. The van der Waals surface area contributed by atoms with E-state index in [0.717, 1.165) is 116 Å². The van der Waals surface area contributed by atoms with Crippen molar-refractivity contribution in [1.29, 1.82) is 0 Å². The Morgan fingerprint density at radius 3 is 0.772 bits per heavy atom. The monoisotopic (exact) mass is 1100 g/mol. The molecular formula is C73H130O6. The van der Waals surface area contributed by atoms with Crippen molar-refractivity contribution < 1.29 is 28.6 Å². The Labute approximate surface area is 491 Å². The lowest BCUT2D eigenvalue weighted by atomic mass is 10.0. The number of allylic oxidation sites excluding steroid dienone is 12. The molecule has 0 saturated carbocycles. The third-order valence-electron chi connectivity index (χ3n) is 15.2. The molecule has 0 radical (unpaired) electrons.